The average Bonchev–Trinajstić information content (AvgIpc) is 2.41. The van der Waals surface area contributed by atoms with Gasteiger partial charge >= 0.3 is 0 Å². The van der Waals surface area contributed by atoms with Gasteiger partial charge in [-0.3, -0.25) is 0 Å². The Kier molecular flexibility index (Phi) is 1.72. The Hall–Kier alpha value is -0.760. The van der Waals surface area contributed by atoms with Crippen LogP contribution in [0.15, 0.2) is 22.8 Å². The lowest BCUT2D eigenvalue weighted by Gasteiger charge is -1.98. The summed E-state index contributed by atoms with van der Waals surface area (Å²) in [4.78, 5) is 3.25. The zero-order valence-electron chi connectivity index (χ0n) is 7.11. The lowest BCUT2D eigenvalue weighted by molar-refractivity contribution is 1.40. The molecule has 0 saturated heterocycles. The van der Waals surface area contributed by atoms with Crippen LogP contribution in [0.25, 0.3) is 10.9 Å². The second-order valence-electron chi connectivity index (χ2n) is 3.09. The van der Waals surface area contributed by atoms with Gasteiger partial charge in [0.25, 0.3) is 0 Å². The lowest BCUT2D eigenvalue weighted by Crippen LogP contribution is -1.77. The topological polar surface area (TPSA) is 15.8 Å². The Morgan fingerprint density at radius 3 is 2.67 bits per heavy atom. The maximum atomic E-state index is 3.56. The smallest absolute Gasteiger partial charge is 0.0603 e. The van der Waals surface area contributed by atoms with Crippen molar-refractivity contribution in [2.24, 2.45) is 0 Å². The minimum absolute atomic E-state index is 1.17. The number of hydrogen-bond donors (Lipinski definition) is 1. The van der Waals surface area contributed by atoms with E-state index >= 15 is 0 Å². The van der Waals surface area contributed by atoms with E-state index in [9.17, 15) is 0 Å². The van der Waals surface area contributed by atoms with E-state index in [2.05, 4.69) is 46.9 Å². The molecule has 0 unspecified atom stereocenters. The molecule has 62 valence electrons. The first kappa shape index (κ1) is 7.87. The third-order valence-corrected chi connectivity index (χ3v) is 3.21. The summed E-state index contributed by atoms with van der Waals surface area (Å²) in [7, 11) is 0. The number of halogens is 1. The van der Waals surface area contributed by atoms with Crippen LogP contribution < -0.4 is 0 Å². The molecule has 2 rings (SSSR count). The average molecular weight is 224 g/mol. The maximum Gasteiger partial charge on any atom is 0.0603 e. The molecule has 0 bridgehead atoms. The van der Waals surface area contributed by atoms with Crippen molar-refractivity contribution in [3.8, 4) is 0 Å². The standard InChI is InChI=1S/C10H10BrN/c1-6-3-4-8-7(2)5-12-10(8)9(6)11/h3-5,12H,1-2H3. The van der Waals surface area contributed by atoms with E-state index in [1.807, 2.05) is 6.20 Å². The molecule has 0 saturated carbocycles. The predicted octanol–water partition coefficient (Wildman–Crippen LogP) is 3.55. The molecule has 0 aliphatic heterocycles. The van der Waals surface area contributed by atoms with E-state index in [-0.39, 0.29) is 0 Å². The molecule has 0 aliphatic rings. The number of aromatic amines is 1. The van der Waals surface area contributed by atoms with Crippen molar-refractivity contribution in [3.05, 3.63) is 33.9 Å². The fourth-order valence-electron chi connectivity index (χ4n) is 1.41. The van der Waals surface area contributed by atoms with E-state index in [0.29, 0.717) is 0 Å². The highest BCUT2D eigenvalue weighted by atomic mass is 79.9. The van der Waals surface area contributed by atoms with Gasteiger partial charge in [-0.1, -0.05) is 12.1 Å². The summed E-state index contributed by atoms with van der Waals surface area (Å²) in [5, 5.41) is 1.30. The van der Waals surface area contributed by atoms with E-state index < -0.39 is 0 Å². The quantitative estimate of drug-likeness (QED) is 0.704. The molecule has 2 aromatic rings. The normalized spacial score (nSPS) is 10.9. The van der Waals surface area contributed by atoms with Gasteiger partial charge in [0.2, 0.25) is 0 Å². The van der Waals surface area contributed by atoms with Crippen molar-refractivity contribution in [2.45, 2.75) is 13.8 Å². The number of aromatic nitrogens is 1. The molecule has 12 heavy (non-hydrogen) atoms. The van der Waals surface area contributed by atoms with Gasteiger partial charge in [0, 0.05) is 16.1 Å². The number of benzene rings is 1. The van der Waals surface area contributed by atoms with Crippen molar-refractivity contribution < 1.29 is 0 Å². The Labute approximate surface area is 79.9 Å². The molecule has 2 heteroatoms. The first-order chi connectivity index (χ1) is 5.70. The van der Waals surface area contributed by atoms with Crippen molar-refractivity contribution in [1.82, 2.24) is 4.98 Å². The number of aryl methyl sites for hydroxylation is 2. The number of fused-ring (bicyclic) bond motifs is 1. The van der Waals surface area contributed by atoms with Crippen LogP contribution in [0, 0.1) is 13.8 Å². The van der Waals surface area contributed by atoms with Crippen LogP contribution in [0.1, 0.15) is 11.1 Å². The minimum Gasteiger partial charge on any atom is -0.360 e. The Morgan fingerprint density at radius 2 is 1.92 bits per heavy atom. The van der Waals surface area contributed by atoms with E-state index in [0.717, 1.165) is 0 Å². The molecule has 0 radical (unpaired) electrons. The Morgan fingerprint density at radius 1 is 1.17 bits per heavy atom. The van der Waals surface area contributed by atoms with Gasteiger partial charge in [0.05, 0.1) is 5.52 Å². The summed E-state index contributed by atoms with van der Waals surface area (Å²) in [5.74, 6) is 0. The number of H-pyrrole nitrogens is 1. The monoisotopic (exact) mass is 223 g/mol. The molecule has 1 heterocycles. The molecular weight excluding hydrogens is 214 g/mol. The van der Waals surface area contributed by atoms with Gasteiger partial charge in [-0.25, -0.2) is 0 Å². The third kappa shape index (κ3) is 0.985. The molecule has 0 atom stereocenters. The lowest BCUT2D eigenvalue weighted by atomic mass is 10.1. The number of hydrogen-bond acceptors (Lipinski definition) is 0. The molecule has 0 aliphatic carbocycles. The van der Waals surface area contributed by atoms with Crippen molar-refractivity contribution in [2.75, 3.05) is 0 Å². The van der Waals surface area contributed by atoms with Crippen molar-refractivity contribution in [1.29, 1.82) is 0 Å². The molecule has 1 aromatic carbocycles. The van der Waals surface area contributed by atoms with E-state index in [1.54, 1.807) is 0 Å². The molecule has 0 spiro atoms. The van der Waals surface area contributed by atoms with Crippen LogP contribution >= 0.6 is 15.9 Å². The first-order valence-electron chi connectivity index (χ1n) is 3.93. The molecule has 1 aromatic heterocycles. The first-order valence-corrected chi connectivity index (χ1v) is 4.72. The number of nitrogens with one attached hydrogen (secondary N) is 1. The van der Waals surface area contributed by atoms with Gasteiger partial charge in [-0.15, -0.1) is 0 Å². The largest absolute Gasteiger partial charge is 0.360 e. The number of rotatable bonds is 0. The Bertz CT molecular complexity index is 429. The third-order valence-electron chi connectivity index (χ3n) is 2.19. The highest BCUT2D eigenvalue weighted by Crippen LogP contribution is 2.27. The van der Waals surface area contributed by atoms with Crippen molar-refractivity contribution in [3.63, 3.8) is 0 Å². The van der Waals surface area contributed by atoms with Gasteiger partial charge in [-0.05, 0) is 40.9 Å². The van der Waals surface area contributed by atoms with Gasteiger partial charge in [0.1, 0.15) is 0 Å². The second-order valence-corrected chi connectivity index (χ2v) is 3.88. The molecule has 1 nitrogen and oxygen atoms in total. The maximum absolute atomic E-state index is 3.56. The summed E-state index contributed by atoms with van der Waals surface area (Å²) in [6.45, 7) is 4.21. The van der Waals surface area contributed by atoms with E-state index in [4.69, 9.17) is 0 Å². The zero-order chi connectivity index (χ0) is 8.72. The van der Waals surface area contributed by atoms with Crippen LogP contribution in [-0.2, 0) is 0 Å². The van der Waals surface area contributed by atoms with Crippen LogP contribution in [0.5, 0.6) is 0 Å². The summed E-state index contributed by atoms with van der Waals surface area (Å²) >= 11 is 3.56. The summed E-state index contributed by atoms with van der Waals surface area (Å²) in [5.41, 5.74) is 3.77. The van der Waals surface area contributed by atoms with Crippen molar-refractivity contribution >= 4 is 26.8 Å². The fourth-order valence-corrected chi connectivity index (χ4v) is 1.87. The van der Waals surface area contributed by atoms with Gasteiger partial charge < -0.3 is 4.98 Å². The summed E-state index contributed by atoms with van der Waals surface area (Å²) in [6, 6.07) is 4.29. The highest BCUT2D eigenvalue weighted by Gasteiger charge is 2.04. The predicted molar refractivity (Wildman–Crippen MR) is 55.5 cm³/mol. The van der Waals surface area contributed by atoms with Crippen LogP contribution in [-0.4, -0.2) is 4.98 Å². The molecule has 1 N–H and O–H groups in total. The zero-order valence-corrected chi connectivity index (χ0v) is 8.70. The van der Waals surface area contributed by atoms with Gasteiger partial charge in [0.15, 0.2) is 0 Å². The molecular formula is C10H10BrN. The van der Waals surface area contributed by atoms with E-state index in [1.165, 1.54) is 26.5 Å². The summed E-state index contributed by atoms with van der Waals surface area (Å²) in [6.07, 6.45) is 2.04. The summed E-state index contributed by atoms with van der Waals surface area (Å²) < 4.78 is 1.17. The second kappa shape index (κ2) is 2.63. The van der Waals surface area contributed by atoms with Crippen LogP contribution in [0.3, 0.4) is 0 Å². The fraction of sp³-hybridized carbons (Fsp3) is 0.200. The highest BCUT2D eigenvalue weighted by molar-refractivity contribution is 9.10. The SMILES string of the molecule is Cc1ccc2c(C)c[nH]c2c1Br. The minimum atomic E-state index is 1.17. The van der Waals surface area contributed by atoms with Crippen LogP contribution in [0.2, 0.25) is 0 Å². The Balaban J connectivity index is 2.93. The van der Waals surface area contributed by atoms with Gasteiger partial charge in [-0.2, -0.15) is 0 Å². The molecule has 0 fully saturated rings. The van der Waals surface area contributed by atoms with Crippen LogP contribution in [0.4, 0.5) is 0 Å². The molecule has 0 amide bonds.